The molecule has 0 aliphatic carbocycles. The molecule has 0 fully saturated rings. The second-order valence-corrected chi connectivity index (χ2v) is 5.83. The van der Waals surface area contributed by atoms with Crippen molar-refractivity contribution in [3.8, 4) is 5.75 Å². The van der Waals surface area contributed by atoms with Crippen LogP contribution >= 0.6 is 0 Å². The molecular weight excluding hydrogens is 375 g/mol. The molecule has 3 N–H and O–H groups in total. The van der Waals surface area contributed by atoms with Crippen LogP contribution in [0.2, 0.25) is 0 Å². The Labute approximate surface area is 160 Å². The predicted octanol–water partition coefficient (Wildman–Crippen LogP) is 4.38. The number of hydrogen-bond donors (Lipinski definition) is 3. The number of nitrogens with one attached hydrogen (secondary N) is 3. The Morgan fingerprint density at radius 3 is 2.46 bits per heavy atom. The largest absolute Gasteiger partial charge is 0.492 e. The number of ether oxygens (including phenoxy) is 1. The van der Waals surface area contributed by atoms with Crippen LogP contribution in [0.1, 0.15) is 25.0 Å². The van der Waals surface area contributed by atoms with Gasteiger partial charge in [0.25, 0.3) is 0 Å². The van der Waals surface area contributed by atoms with Gasteiger partial charge in [0, 0.05) is 19.2 Å². The van der Waals surface area contributed by atoms with Crippen molar-refractivity contribution < 1.29 is 27.5 Å². The van der Waals surface area contributed by atoms with E-state index in [0.717, 1.165) is 12.1 Å². The number of halogens is 3. The molecule has 9 heteroatoms. The van der Waals surface area contributed by atoms with Crippen molar-refractivity contribution in [1.29, 1.82) is 0 Å². The number of anilines is 2. The monoisotopic (exact) mass is 395 g/mol. The Bertz CT molecular complexity index is 854. The van der Waals surface area contributed by atoms with E-state index in [1.807, 2.05) is 0 Å². The number of carbonyl (C=O) groups is 2. The zero-order valence-electron chi connectivity index (χ0n) is 15.3. The number of hydrogen-bond acceptors (Lipinski definition) is 3. The molecule has 28 heavy (non-hydrogen) atoms. The molecule has 150 valence electrons. The molecule has 3 amide bonds. The molecular formula is C19H20F3N3O3. The Hall–Kier alpha value is -3.23. The molecule has 0 spiro atoms. The van der Waals surface area contributed by atoms with E-state index in [4.69, 9.17) is 4.74 Å². The fraction of sp³-hybridized carbons (Fsp3) is 0.263. The van der Waals surface area contributed by atoms with Crippen LogP contribution in [0.5, 0.6) is 5.75 Å². The number of carbonyl (C=O) groups excluding carboxylic acids is 2. The average Bonchev–Trinajstić information content (AvgIpc) is 2.60. The molecule has 2 aromatic carbocycles. The summed E-state index contributed by atoms with van der Waals surface area (Å²) in [5, 5.41) is 7.56. The van der Waals surface area contributed by atoms with E-state index < -0.39 is 17.8 Å². The van der Waals surface area contributed by atoms with E-state index in [2.05, 4.69) is 16.0 Å². The second kappa shape index (κ2) is 9.12. The van der Waals surface area contributed by atoms with Crippen molar-refractivity contribution in [3.05, 3.63) is 53.6 Å². The maximum absolute atomic E-state index is 12.9. The molecule has 0 aliphatic heterocycles. The fourth-order valence-electron chi connectivity index (χ4n) is 2.40. The fourth-order valence-corrected chi connectivity index (χ4v) is 2.40. The zero-order valence-corrected chi connectivity index (χ0v) is 15.3. The molecule has 0 radical (unpaired) electrons. The molecule has 0 atom stereocenters. The summed E-state index contributed by atoms with van der Waals surface area (Å²) in [6.07, 6.45) is -4.54. The molecule has 0 bridgehead atoms. The second-order valence-electron chi connectivity index (χ2n) is 5.83. The highest BCUT2D eigenvalue weighted by Gasteiger charge is 2.31. The lowest BCUT2D eigenvalue weighted by atomic mass is 10.1. The molecule has 0 heterocycles. The van der Waals surface area contributed by atoms with Crippen molar-refractivity contribution >= 4 is 23.3 Å². The Balaban J connectivity index is 2.07. The summed E-state index contributed by atoms with van der Waals surface area (Å²) in [7, 11) is 0. The quantitative estimate of drug-likeness (QED) is 0.679. The topological polar surface area (TPSA) is 79.5 Å². The zero-order chi connectivity index (χ0) is 20.7. The van der Waals surface area contributed by atoms with Crippen LogP contribution in [0.3, 0.4) is 0 Å². The highest BCUT2D eigenvalue weighted by Crippen LogP contribution is 2.35. The molecule has 0 saturated heterocycles. The van der Waals surface area contributed by atoms with Gasteiger partial charge < -0.3 is 20.7 Å². The molecule has 6 nitrogen and oxygen atoms in total. The number of amides is 3. The molecule has 0 aromatic heterocycles. The number of alkyl halides is 3. The smallest absolute Gasteiger partial charge is 0.416 e. The van der Waals surface area contributed by atoms with Crippen LogP contribution in [0.25, 0.3) is 0 Å². The van der Waals surface area contributed by atoms with Gasteiger partial charge in [0.05, 0.1) is 17.9 Å². The molecule has 0 aliphatic rings. The first kappa shape index (κ1) is 21.1. The van der Waals surface area contributed by atoms with Gasteiger partial charge in [0.2, 0.25) is 5.91 Å². The van der Waals surface area contributed by atoms with Crippen LogP contribution in [-0.4, -0.2) is 18.5 Å². The van der Waals surface area contributed by atoms with Gasteiger partial charge in [-0.1, -0.05) is 12.1 Å². The summed E-state index contributed by atoms with van der Waals surface area (Å²) in [5.74, 6) is -0.0887. The lowest BCUT2D eigenvalue weighted by molar-refractivity contribution is -0.137. The highest BCUT2D eigenvalue weighted by molar-refractivity contribution is 5.91. The Morgan fingerprint density at radius 2 is 1.82 bits per heavy atom. The van der Waals surface area contributed by atoms with Crippen LogP contribution in [0.15, 0.2) is 42.5 Å². The average molecular weight is 395 g/mol. The number of urea groups is 1. The van der Waals surface area contributed by atoms with Crippen LogP contribution < -0.4 is 20.7 Å². The van der Waals surface area contributed by atoms with E-state index in [1.165, 1.54) is 13.0 Å². The minimum atomic E-state index is -4.54. The number of rotatable bonds is 6. The van der Waals surface area contributed by atoms with Gasteiger partial charge in [-0.3, -0.25) is 4.79 Å². The van der Waals surface area contributed by atoms with Gasteiger partial charge in [0.15, 0.2) is 0 Å². The summed E-state index contributed by atoms with van der Waals surface area (Å²) >= 11 is 0. The highest BCUT2D eigenvalue weighted by atomic mass is 19.4. The number of benzene rings is 2. The van der Waals surface area contributed by atoms with Crippen LogP contribution in [-0.2, 0) is 17.5 Å². The SMILES string of the molecule is CCOc1ccc(C(F)(F)F)cc1NC(=O)NCc1cccc(NC(C)=O)c1. The first-order chi connectivity index (χ1) is 13.2. The summed E-state index contributed by atoms with van der Waals surface area (Å²) in [4.78, 5) is 23.2. The third-order valence-electron chi connectivity index (χ3n) is 3.56. The van der Waals surface area contributed by atoms with Crippen molar-refractivity contribution in [2.75, 3.05) is 17.2 Å². The van der Waals surface area contributed by atoms with Crippen LogP contribution in [0, 0.1) is 0 Å². The first-order valence-corrected chi connectivity index (χ1v) is 8.44. The molecule has 2 rings (SSSR count). The normalized spacial score (nSPS) is 10.9. The lowest BCUT2D eigenvalue weighted by Crippen LogP contribution is -2.28. The van der Waals surface area contributed by atoms with Crippen molar-refractivity contribution in [2.24, 2.45) is 0 Å². The Kier molecular flexibility index (Phi) is 6.86. The van der Waals surface area contributed by atoms with E-state index in [1.54, 1.807) is 31.2 Å². The van der Waals surface area contributed by atoms with Crippen molar-refractivity contribution in [3.63, 3.8) is 0 Å². The van der Waals surface area contributed by atoms with Gasteiger partial charge in [-0.2, -0.15) is 13.2 Å². The summed E-state index contributed by atoms with van der Waals surface area (Å²) < 4.78 is 44.0. The summed E-state index contributed by atoms with van der Waals surface area (Å²) in [5.41, 5.74) is 0.301. The van der Waals surface area contributed by atoms with E-state index >= 15 is 0 Å². The maximum Gasteiger partial charge on any atom is 0.416 e. The van der Waals surface area contributed by atoms with Crippen molar-refractivity contribution in [1.82, 2.24) is 5.32 Å². The van der Waals surface area contributed by atoms with Crippen molar-refractivity contribution in [2.45, 2.75) is 26.6 Å². The maximum atomic E-state index is 12.9. The van der Waals surface area contributed by atoms with Gasteiger partial charge in [-0.25, -0.2) is 4.79 Å². The molecule has 2 aromatic rings. The molecule has 0 saturated carbocycles. The van der Waals surface area contributed by atoms with E-state index in [9.17, 15) is 22.8 Å². The minimum Gasteiger partial charge on any atom is -0.492 e. The van der Waals surface area contributed by atoms with Gasteiger partial charge >= 0.3 is 12.2 Å². The minimum absolute atomic E-state index is 0.0822. The third-order valence-corrected chi connectivity index (χ3v) is 3.56. The van der Waals surface area contributed by atoms with E-state index in [-0.39, 0.29) is 30.5 Å². The van der Waals surface area contributed by atoms with Gasteiger partial charge in [-0.15, -0.1) is 0 Å². The van der Waals surface area contributed by atoms with Gasteiger partial charge in [-0.05, 0) is 42.8 Å². The Morgan fingerprint density at radius 1 is 1.07 bits per heavy atom. The predicted molar refractivity (Wildman–Crippen MR) is 99.2 cm³/mol. The van der Waals surface area contributed by atoms with E-state index in [0.29, 0.717) is 11.3 Å². The standard InChI is InChI=1S/C19H20F3N3O3/c1-3-28-17-8-7-14(19(20,21)22)10-16(17)25-18(27)23-11-13-5-4-6-15(9-13)24-12(2)26/h4-10H,3,11H2,1-2H3,(H,24,26)(H2,23,25,27). The lowest BCUT2D eigenvalue weighted by Gasteiger charge is -2.15. The molecule has 0 unspecified atom stereocenters. The summed E-state index contributed by atoms with van der Waals surface area (Å²) in [6, 6.07) is 9.01. The van der Waals surface area contributed by atoms with Gasteiger partial charge in [0.1, 0.15) is 5.75 Å². The van der Waals surface area contributed by atoms with Crippen LogP contribution in [0.4, 0.5) is 29.3 Å². The third kappa shape index (κ3) is 6.19. The summed E-state index contributed by atoms with van der Waals surface area (Å²) in [6.45, 7) is 3.41. The first-order valence-electron chi connectivity index (χ1n) is 8.44.